The molecule has 0 N–H and O–H groups in total. The van der Waals surface area contributed by atoms with Gasteiger partial charge in [-0.25, -0.2) is 0 Å². The van der Waals surface area contributed by atoms with E-state index >= 15 is 0 Å². The maximum absolute atomic E-state index is 10.3. The molecule has 0 spiro atoms. The summed E-state index contributed by atoms with van der Waals surface area (Å²) < 4.78 is 35.2. The second-order valence-electron chi connectivity index (χ2n) is 2.59. The molecule has 76 valence electrons. The van der Waals surface area contributed by atoms with Gasteiger partial charge in [0.15, 0.2) is 0 Å². The molecule has 1 aliphatic heterocycles. The average molecular weight is 211 g/mol. The normalized spacial score (nSPS) is 23.0. The van der Waals surface area contributed by atoms with Crippen LogP contribution >= 0.6 is 0 Å². The molecular weight excluding hydrogens is 200 g/mol. The molecule has 0 amide bonds. The summed E-state index contributed by atoms with van der Waals surface area (Å²) in [6.45, 7) is 2.39. The highest BCUT2D eigenvalue weighted by Crippen LogP contribution is 2.16. The minimum absolute atomic E-state index is 0.566. The molecule has 0 aromatic heterocycles. The van der Waals surface area contributed by atoms with Crippen molar-refractivity contribution in [3.63, 3.8) is 0 Å². The lowest BCUT2D eigenvalue weighted by molar-refractivity contribution is -1.92. The molecule has 7 heteroatoms. The third-order valence-electron chi connectivity index (χ3n) is 1.68. The van der Waals surface area contributed by atoms with Gasteiger partial charge in [-0.3, -0.25) is 0 Å². The molecule has 0 aromatic carbocycles. The number of halogens is 1. The van der Waals surface area contributed by atoms with Crippen molar-refractivity contribution in [1.82, 2.24) is 9.80 Å². The van der Waals surface area contributed by atoms with E-state index in [9.17, 15) is 14.0 Å². The molecule has 0 saturated heterocycles. The van der Waals surface area contributed by atoms with E-state index in [1.54, 1.807) is 24.3 Å². The molecule has 0 radical (unpaired) electrons. The van der Waals surface area contributed by atoms with Gasteiger partial charge in [-0.2, -0.15) is 14.0 Å². The third kappa shape index (κ3) is 2.71. The van der Waals surface area contributed by atoms with Crippen LogP contribution in [0.1, 0.15) is 6.92 Å². The van der Waals surface area contributed by atoms with Gasteiger partial charge in [0.2, 0.25) is 0 Å². The smallest absolute Gasteiger partial charge is 0.324 e. The number of hydrogen-bond donors (Lipinski definition) is 0. The highest BCUT2D eigenvalue weighted by molar-refractivity contribution is 4.90. The summed E-state index contributed by atoms with van der Waals surface area (Å²) >= 11 is 0. The highest BCUT2D eigenvalue weighted by atomic mass is 35.7. The monoisotopic (exact) mass is 210 g/mol. The van der Waals surface area contributed by atoms with Crippen LogP contribution in [0.15, 0.2) is 12.4 Å². The van der Waals surface area contributed by atoms with E-state index in [-0.39, 0.29) is 0 Å². The molecule has 1 unspecified atom stereocenters. The lowest BCUT2D eigenvalue weighted by atomic mass is 10.6. The van der Waals surface area contributed by atoms with Crippen LogP contribution < -0.4 is 14.0 Å². The molecule has 1 heterocycles. The van der Waals surface area contributed by atoms with E-state index in [1.807, 2.05) is 6.92 Å². The Kier molecular flexibility index (Phi) is 2.99. The van der Waals surface area contributed by atoms with E-state index in [4.69, 9.17) is 0 Å². The summed E-state index contributed by atoms with van der Waals surface area (Å²) in [5.74, 6) is 0. The molecule has 1 rings (SSSR count). The fraction of sp³-hybridized carbons (Fsp3) is 0.667. The first-order valence-electron chi connectivity index (χ1n) is 3.69. The van der Waals surface area contributed by atoms with Crippen molar-refractivity contribution in [2.75, 3.05) is 13.6 Å². The van der Waals surface area contributed by atoms with Crippen LogP contribution in [0.3, 0.4) is 0 Å². The summed E-state index contributed by atoms with van der Waals surface area (Å²) in [6, 6.07) is 0. The van der Waals surface area contributed by atoms with Gasteiger partial charge in [-0.1, -0.05) is 0 Å². The lowest BCUT2D eigenvalue weighted by Crippen LogP contribution is -2.64. The Labute approximate surface area is 78.3 Å². The van der Waals surface area contributed by atoms with Gasteiger partial charge in [-0.15, -0.1) is 0 Å². The van der Waals surface area contributed by atoms with Gasteiger partial charge in [0.25, 0.3) is 0 Å². The largest absolute Gasteiger partial charge is 0.364 e. The van der Waals surface area contributed by atoms with E-state index in [1.165, 1.54) is 4.90 Å². The van der Waals surface area contributed by atoms with Crippen molar-refractivity contribution in [2.24, 2.45) is 0 Å². The second kappa shape index (κ2) is 3.69. The summed E-state index contributed by atoms with van der Waals surface area (Å²) in [4.78, 5) is 3.08. The SMILES string of the molecule is CCN1C=CN(C)C1O[Cl+3]([O-])([O-])[O-]. The fourth-order valence-corrected chi connectivity index (χ4v) is 1.47. The molecule has 6 nitrogen and oxygen atoms in total. The topological polar surface area (TPSA) is 84.9 Å². The Morgan fingerprint density at radius 3 is 2.46 bits per heavy atom. The molecule has 0 aliphatic carbocycles. The van der Waals surface area contributed by atoms with Crippen LogP contribution in [0, 0.1) is 10.2 Å². The number of nitrogens with zero attached hydrogens (tertiary/aromatic N) is 2. The Morgan fingerprint density at radius 2 is 2.00 bits per heavy atom. The predicted octanol–water partition coefficient (Wildman–Crippen LogP) is -3.08. The van der Waals surface area contributed by atoms with Gasteiger partial charge < -0.3 is 9.80 Å². The van der Waals surface area contributed by atoms with Gasteiger partial charge in [0.05, 0.1) is 10.2 Å². The average Bonchev–Trinajstić information content (AvgIpc) is 2.30. The molecule has 13 heavy (non-hydrogen) atoms. The highest BCUT2D eigenvalue weighted by Gasteiger charge is 2.37. The Hall–Kier alpha value is -0.530. The van der Waals surface area contributed by atoms with E-state index in [2.05, 4.69) is 4.29 Å². The van der Waals surface area contributed by atoms with Crippen LogP contribution in [0.2, 0.25) is 0 Å². The Bertz CT molecular complexity index is 205. The summed E-state index contributed by atoms with van der Waals surface area (Å²) in [5.41, 5.74) is 0. The molecule has 0 aromatic rings. The van der Waals surface area contributed by atoms with Gasteiger partial charge >= 0.3 is 6.35 Å². The van der Waals surface area contributed by atoms with Crippen molar-refractivity contribution in [2.45, 2.75) is 13.3 Å². The number of hydrogen-bond acceptors (Lipinski definition) is 6. The van der Waals surface area contributed by atoms with Gasteiger partial charge in [-0.05, 0) is 6.92 Å². The maximum atomic E-state index is 10.3. The standard InChI is InChI=1S/C6H11ClN2O4/c1-3-9-5-4-8(2)6(9)13-7(10,11)12/h4-6H,3H2,1-2H3. The van der Waals surface area contributed by atoms with Crippen LogP contribution in [0.5, 0.6) is 0 Å². The second-order valence-corrected chi connectivity index (χ2v) is 3.52. The summed E-state index contributed by atoms with van der Waals surface area (Å²) in [6.07, 6.45) is 2.44. The first-order valence-corrected chi connectivity index (χ1v) is 4.92. The fourth-order valence-electron chi connectivity index (χ4n) is 1.05. The predicted molar refractivity (Wildman–Crippen MR) is 34.2 cm³/mol. The molecule has 0 fully saturated rings. The van der Waals surface area contributed by atoms with E-state index < -0.39 is 16.6 Å². The van der Waals surface area contributed by atoms with Crippen molar-refractivity contribution in [3.05, 3.63) is 12.4 Å². The maximum Gasteiger partial charge on any atom is 0.364 e. The molecule has 0 saturated carbocycles. The van der Waals surface area contributed by atoms with Crippen molar-refractivity contribution >= 4 is 0 Å². The zero-order chi connectivity index (χ0) is 10.1. The lowest BCUT2D eigenvalue weighted by Gasteiger charge is -2.25. The Balaban J connectivity index is 2.58. The minimum Gasteiger partial charge on any atom is -0.324 e. The van der Waals surface area contributed by atoms with Gasteiger partial charge in [0, 0.05) is 26.0 Å². The molecular formula is C6H11ClN2O4. The Morgan fingerprint density at radius 1 is 1.38 bits per heavy atom. The minimum atomic E-state index is -4.39. The van der Waals surface area contributed by atoms with Crippen LogP contribution in [0.25, 0.3) is 0 Å². The number of rotatable bonds is 3. The van der Waals surface area contributed by atoms with Crippen molar-refractivity contribution in [3.8, 4) is 0 Å². The third-order valence-corrected chi connectivity index (χ3v) is 2.06. The summed E-state index contributed by atoms with van der Waals surface area (Å²) in [5, 5.41) is 0. The van der Waals surface area contributed by atoms with E-state index in [0.717, 1.165) is 0 Å². The van der Waals surface area contributed by atoms with Crippen molar-refractivity contribution in [1.29, 1.82) is 0 Å². The first kappa shape index (κ1) is 10.6. The van der Waals surface area contributed by atoms with Crippen molar-refractivity contribution < 1.29 is 28.5 Å². The first-order chi connectivity index (χ1) is 5.94. The zero-order valence-electron chi connectivity index (χ0n) is 7.34. The van der Waals surface area contributed by atoms with Crippen LogP contribution in [0.4, 0.5) is 0 Å². The molecule has 1 aliphatic rings. The van der Waals surface area contributed by atoms with Crippen LogP contribution in [-0.4, -0.2) is 29.7 Å². The molecule has 1 atom stereocenters. The van der Waals surface area contributed by atoms with Gasteiger partial charge in [0.1, 0.15) is 4.29 Å². The summed E-state index contributed by atoms with van der Waals surface area (Å²) in [7, 11) is -2.76. The molecule has 0 bridgehead atoms. The quantitative estimate of drug-likeness (QED) is 0.491. The van der Waals surface area contributed by atoms with Crippen LogP contribution in [-0.2, 0) is 4.29 Å². The zero-order valence-corrected chi connectivity index (χ0v) is 8.10. The van der Waals surface area contributed by atoms with E-state index in [0.29, 0.717) is 6.54 Å².